The summed E-state index contributed by atoms with van der Waals surface area (Å²) in [5.41, 5.74) is -0.462. The maximum Gasteiger partial charge on any atom is 0.413 e. The summed E-state index contributed by atoms with van der Waals surface area (Å²) < 4.78 is 5.04. The van der Waals surface area contributed by atoms with Gasteiger partial charge in [0.1, 0.15) is 11.4 Å². The van der Waals surface area contributed by atoms with Crippen LogP contribution in [-0.2, 0) is 4.74 Å². The summed E-state index contributed by atoms with van der Waals surface area (Å²) in [6, 6.07) is 0. The number of carbonyl (C=O) groups is 1. The lowest BCUT2D eigenvalue weighted by atomic mass is 10.2. The Kier molecular flexibility index (Phi) is 4.45. The van der Waals surface area contributed by atoms with Gasteiger partial charge in [0.25, 0.3) is 0 Å². The molecule has 0 fully saturated rings. The molecule has 0 aromatic carbocycles. The molecule has 0 saturated heterocycles. The third kappa shape index (κ3) is 6.13. The van der Waals surface area contributed by atoms with Crippen LogP contribution in [-0.4, -0.2) is 24.6 Å². The summed E-state index contributed by atoms with van der Waals surface area (Å²) in [5, 5.41) is 2.56. The first-order chi connectivity index (χ1) is 5.89. The molecule has 0 rings (SSSR count). The third-order valence-corrected chi connectivity index (χ3v) is 1.25. The van der Waals surface area contributed by atoms with Crippen molar-refractivity contribution >= 4 is 11.9 Å². The minimum absolute atomic E-state index is 0.449. The quantitative estimate of drug-likeness (QED) is 0.502. The lowest BCUT2D eigenvalue weighted by molar-refractivity contribution is 0.0562. The second kappa shape index (κ2) is 4.84. The summed E-state index contributed by atoms with van der Waals surface area (Å²) in [7, 11) is 1.64. The number of amides is 1. The molecule has 0 aliphatic carbocycles. The monoisotopic (exact) mass is 186 g/mol. The van der Waals surface area contributed by atoms with Gasteiger partial charge in [-0.25, -0.2) is 4.79 Å². The molecule has 0 heterocycles. The molecule has 4 heteroatoms. The average molecular weight is 186 g/mol. The Morgan fingerprint density at radius 3 is 2.31 bits per heavy atom. The standard InChI is InChI=1S/C9H18N2O2/c1-6-7(10-5)11-8(12)13-9(2,3)4/h6H2,1-5H3,(H,10,11,12). The van der Waals surface area contributed by atoms with Gasteiger partial charge in [-0.3, -0.25) is 10.3 Å². The summed E-state index contributed by atoms with van der Waals surface area (Å²) >= 11 is 0. The molecular weight excluding hydrogens is 168 g/mol. The van der Waals surface area contributed by atoms with Crippen LogP contribution in [0.2, 0.25) is 0 Å². The van der Waals surface area contributed by atoms with Gasteiger partial charge in [-0.1, -0.05) is 6.92 Å². The van der Waals surface area contributed by atoms with Gasteiger partial charge in [0.15, 0.2) is 0 Å². The number of amidine groups is 1. The highest BCUT2D eigenvalue weighted by Gasteiger charge is 2.16. The second-order valence-electron chi connectivity index (χ2n) is 3.65. The zero-order valence-electron chi connectivity index (χ0n) is 8.97. The van der Waals surface area contributed by atoms with Crippen molar-refractivity contribution in [2.45, 2.75) is 39.7 Å². The van der Waals surface area contributed by atoms with Crippen molar-refractivity contribution in [1.29, 1.82) is 0 Å². The molecule has 0 atom stereocenters. The van der Waals surface area contributed by atoms with E-state index in [4.69, 9.17) is 4.74 Å². The first-order valence-corrected chi connectivity index (χ1v) is 4.34. The van der Waals surface area contributed by atoms with Crippen LogP contribution < -0.4 is 5.32 Å². The highest BCUT2D eigenvalue weighted by molar-refractivity contribution is 5.95. The number of hydrogen-bond donors (Lipinski definition) is 1. The number of rotatable bonds is 1. The van der Waals surface area contributed by atoms with Crippen molar-refractivity contribution in [2.75, 3.05) is 7.05 Å². The van der Waals surface area contributed by atoms with E-state index >= 15 is 0 Å². The topological polar surface area (TPSA) is 50.7 Å². The number of carbonyl (C=O) groups excluding carboxylic acids is 1. The van der Waals surface area contributed by atoms with Crippen LogP contribution in [0.1, 0.15) is 34.1 Å². The van der Waals surface area contributed by atoms with Gasteiger partial charge in [0.2, 0.25) is 0 Å². The molecular formula is C9H18N2O2. The van der Waals surface area contributed by atoms with Gasteiger partial charge < -0.3 is 4.74 Å². The maximum absolute atomic E-state index is 11.2. The zero-order valence-corrected chi connectivity index (χ0v) is 8.97. The smallest absolute Gasteiger partial charge is 0.413 e. The molecule has 0 aromatic heterocycles. The van der Waals surface area contributed by atoms with E-state index < -0.39 is 11.7 Å². The molecule has 76 valence electrons. The number of ether oxygens (including phenoxy) is 1. The Labute approximate surface area is 79.4 Å². The van der Waals surface area contributed by atoms with Gasteiger partial charge in [0, 0.05) is 13.5 Å². The number of alkyl carbamates (subject to hydrolysis) is 1. The molecule has 4 nitrogen and oxygen atoms in total. The maximum atomic E-state index is 11.2. The van der Waals surface area contributed by atoms with Crippen LogP contribution in [0.25, 0.3) is 0 Å². The number of aliphatic imine (C=N–C) groups is 1. The van der Waals surface area contributed by atoms with Crippen molar-refractivity contribution in [3.05, 3.63) is 0 Å². The van der Waals surface area contributed by atoms with E-state index in [1.54, 1.807) is 7.05 Å². The summed E-state index contributed by atoms with van der Waals surface area (Å²) in [5.74, 6) is 0.634. The van der Waals surface area contributed by atoms with E-state index in [-0.39, 0.29) is 0 Å². The third-order valence-electron chi connectivity index (χ3n) is 1.25. The van der Waals surface area contributed by atoms with E-state index in [2.05, 4.69) is 10.3 Å². The van der Waals surface area contributed by atoms with E-state index in [0.29, 0.717) is 12.3 Å². The largest absolute Gasteiger partial charge is 0.444 e. The van der Waals surface area contributed by atoms with Crippen LogP contribution >= 0.6 is 0 Å². The summed E-state index contributed by atoms with van der Waals surface area (Å²) in [6.07, 6.45) is 0.241. The highest BCUT2D eigenvalue weighted by atomic mass is 16.6. The Bertz CT molecular complexity index is 204. The molecule has 0 aliphatic rings. The molecule has 1 amide bonds. The van der Waals surface area contributed by atoms with Crippen LogP contribution in [0.4, 0.5) is 4.79 Å². The SMILES string of the molecule is CCC(=NC)NC(=O)OC(C)(C)C. The summed E-state index contributed by atoms with van der Waals surface area (Å²) in [6.45, 7) is 7.38. The molecule has 1 N–H and O–H groups in total. The Morgan fingerprint density at radius 1 is 1.46 bits per heavy atom. The molecule has 0 saturated carbocycles. The van der Waals surface area contributed by atoms with Crippen molar-refractivity contribution < 1.29 is 9.53 Å². The number of nitrogens with one attached hydrogen (secondary N) is 1. The fraction of sp³-hybridized carbons (Fsp3) is 0.778. The molecule has 0 bridgehead atoms. The van der Waals surface area contributed by atoms with Crippen molar-refractivity contribution in [1.82, 2.24) is 5.32 Å². The van der Waals surface area contributed by atoms with Crippen molar-refractivity contribution in [3.8, 4) is 0 Å². The first kappa shape index (κ1) is 11.9. The van der Waals surface area contributed by atoms with Gasteiger partial charge in [-0.15, -0.1) is 0 Å². The molecule has 13 heavy (non-hydrogen) atoms. The Balaban J connectivity index is 4.02. The Morgan fingerprint density at radius 2 is 2.00 bits per heavy atom. The lowest BCUT2D eigenvalue weighted by Crippen LogP contribution is -2.36. The highest BCUT2D eigenvalue weighted by Crippen LogP contribution is 2.06. The fourth-order valence-electron chi connectivity index (χ4n) is 0.724. The summed E-state index contributed by atoms with van der Waals surface area (Å²) in [4.78, 5) is 15.1. The van der Waals surface area contributed by atoms with Crippen molar-refractivity contribution in [2.24, 2.45) is 4.99 Å². The van der Waals surface area contributed by atoms with E-state index in [0.717, 1.165) is 0 Å². The first-order valence-electron chi connectivity index (χ1n) is 4.34. The second-order valence-corrected chi connectivity index (χ2v) is 3.65. The molecule has 0 radical (unpaired) electrons. The number of hydrogen-bond acceptors (Lipinski definition) is 3. The van der Waals surface area contributed by atoms with Crippen LogP contribution in [0, 0.1) is 0 Å². The average Bonchev–Trinajstić information content (AvgIpc) is 1.96. The Hall–Kier alpha value is -1.06. The van der Waals surface area contributed by atoms with Gasteiger partial charge >= 0.3 is 6.09 Å². The predicted octanol–water partition coefficient (Wildman–Crippen LogP) is 1.95. The number of nitrogens with zero attached hydrogens (tertiary/aromatic N) is 1. The fourth-order valence-corrected chi connectivity index (χ4v) is 0.724. The van der Waals surface area contributed by atoms with Gasteiger partial charge in [-0.2, -0.15) is 0 Å². The molecule has 0 unspecified atom stereocenters. The van der Waals surface area contributed by atoms with Gasteiger partial charge in [0.05, 0.1) is 0 Å². The van der Waals surface area contributed by atoms with Crippen LogP contribution in [0.5, 0.6) is 0 Å². The molecule has 0 spiro atoms. The predicted molar refractivity (Wildman–Crippen MR) is 53.0 cm³/mol. The van der Waals surface area contributed by atoms with Crippen molar-refractivity contribution in [3.63, 3.8) is 0 Å². The molecule has 0 aromatic rings. The van der Waals surface area contributed by atoms with Crippen LogP contribution in [0.3, 0.4) is 0 Å². The molecule has 0 aliphatic heterocycles. The van der Waals surface area contributed by atoms with E-state index in [1.807, 2.05) is 27.7 Å². The van der Waals surface area contributed by atoms with Crippen LogP contribution in [0.15, 0.2) is 4.99 Å². The zero-order chi connectivity index (χ0) is 10.5. The minimum Gasteiger partial charge on any atom is -0.444 e. The van der Waals surface area contributed by atoms with E-state index in [9.17, 15) is 4.79 Å². The van der Waals surface area contributed by atoms with Gasteiger partial charge in [-0.05, 0) is 20.8 Å². The minimum atomic E-state index is -0.462. The lowest BCUT2D eigenvalue weighted by Gasteiger charge is -2.19. The van der Waals surface area contributed by atoms with E-state index in [1.165, 1.54) is 0 Å². The normalized spacial score (nSPS) is 12.5.